The minimum absolute atomic E-state index is 0.350. The molecule has 1 aromatic carbocycles. The number of hydrogen-bond donors (Lipinski definition) is 0. The minimum atomic E-state index is 0.350. The van der Waals surface area contributed by atoms with E-state index < -0.39 is 0 Å². The standard InChI is InChI=1S/C24H25N5O3S/c1-14(2)28(4)24-25-16(13-33-24)12-31-20-8-17(30-5)9-21-18(20)10-22(32-21)19-11-29-23(26-19)7-6-15(3)27-29/h6-11,13-14H,12H2,1-5H3. The van der Waals surface area contributed by atoms with Gasteiger partial charge in [0.2, 0.25) is 0 Å². The second-order valence-electron chi connectivity index (χ2n) is 8.17. The van der Waals surface area contributed by atoms with Crippen molar-refractivity contribution in [1.29, 1.82) is 0 Å². The van der Waals surface area contributed by atoms with E-state index in [2.05, 4.69) is 28.8 Å². The molecule has 33 heavy (non-hydrogen) atoms. The van der Waals surface area contributed by atoms with Gasteiger partial charge in [0.15, 0.2) is 16.5 Å². The molecule has 0 radical (unpaired) electrons. The first kappa shape index (κ1) is 21.3. The van der Waals surface area contributed by atoms with E-state index in [1.165, 1.54) is 0 Å². The van der Waals surface area contributed by atoms with Crippen LogP contribution in [0.3, 0.4) is 0 Å². The van der Waals surface area contributed by atoms with Gasteiger partial charge in [0.1, 0.15) is 29.4 Å². The molecule has 9 heteroatoms. The molecule has 0 saturated heterocycles. The zero-order valence-corrected chi connectivity index (χ0v) is 20.0. The van der Waals surface area contributed by atoms with Crippen molar-refractivity contribution in [2.75, 3.05) is 19.1 Å². The summed E-state index contributed by atoms with van der Waals surface area (Å²) in [5.74, 6) is 1.97. The fourth-order valence-corrected chi connectivity index (χ4v) is 4.35. The highest BCUT2D eigenvalue weighted by atomic mass is 32.1. The first-order chi connectivity index (χ1) is 15.9. The van der Waals surface area contributed by atoms with E-state index in [0.29, 0.717) is 41.2 Å². The number of nitrogens with zero attached hydrogens (tertiary/aromatic N) is 5. The molecule has 4 heterocycles. The summed E-state index contributed by atoms with van der Waals surface area (Å²) in [6, 6.07) is 9.91. The molecule has 0 aliphatic carbocycles. The Morgan fingerprint density at radius 1 is 1.18 bits per heavy atom. The van der Waals surface area contributed by atoms with E-state index in [-0.39, 0.29) is 0 Å². The van der Waals surface area contributed by atoms with Crippen molar-refractivity contribution in [3.8, 4) is 23.0 Å². The van der Waals surface area contributed by atoms with Crippen molar-refractivity contribution in [2.24, 2.45) is 0 Å². The van der Waals surface area contributed by atoms with E-state index in [1.54, 1.807) is 23.0 Å². The number of imidazole rings is 1. The average Bonchev–Trinajstić information content (AvgIpc) is 3.53. The van der Waals surface area contributed by atoms with Crippen molar-refractivity contribution in [3.05, 3.63) is 53.3 Å². The van der Waals surface area contributed by atoms with Crippen LogP contribution < -0.4 is 14.4 Å². The Hall–Kier alpha value is -3.59. The SMILES string of the molecule is COc1cc(OCc2csc(N(C)C(C)C)n2)c2cc(-c3cn4nc(C)ccc4n3)oc2c1. The number of anilines is 1. The van der Waals surface area contributed by atoms with E-state index >= 15 is 0 Å². The number of methoxy groups -OCH3 is 1. The molecule has 0 unspecified atom stereocenters. The van der Waals surface area contributed by atoms with Gasteiger partial charge in [-0.3, -0.25) is 0 Å². The largest absolute Gasteiger partial charge is 0.496 e. The van der Waals surface area contributed by atoms with Crippen LogP contribution in [0.4, 0.5) is 5.13 Å². The maximum Gasteiger partial charge on any atom is 0.185 e. The second kappa shape index (κ2) is 8.40. The Morgan fingerprint density at radius 3 is 2.82 bits per heavy atom. The Balaban J connectivity index is 1.46. The Labute approximate surface area is 195 Å². The molecule has 4 aromatic heterocycles. The first-order valence-corrected chi connectivity index (χ1v) is 11.5. The number of benzene rings is 1. The number of ether oxygens (including phenoxy) is 2. The Bertz CT molecular complexity index is 1430. The molecule has 0 aliphatic rings. The third-order valence-electron chi connectivity index (χ3n) is 5.51. The highest BCUT2D eigenvalue weighted by Gasteiger charge is 2.17. The summed E-state index contributed by atoms with van der Waals surface area (Å²) in [7, 11) is 3.67. The Morgan fingerprint density at radius 2 is 2.03 bits per heavy atom. The molecule has 0 N–H and O–H groups in total. The lowest BCUT2D eigenvalue weighted by Crippen LogP contribution is -2.25. The molecular weight excluding hydrogens is 438 g/mol. The highest BCUT2D eigenvalue weighted by molar-refractivity contribution is 7.13. The highest BCUT2D eigenvalue weighted by Crippen LogP contribution is 2.37. The fourth-order valence-electron chi connectivity index (χ4n) is 3.44. The summed E-state index contributed by atoms with van der Waals surface area (Å²) in [6.07, 6.45) is 1.86. The summed E-state index contributed by atoms with van der Waals surface area (Å²) >= 11 is 1.61. The van der Waals surface area contributed by atoms with Gasteiger partial charge in [-0.15, -0.1) is 11.3 Å². The predicted molar refractivity (Wildman–Crippen MR) is 129 cm³/mol. The van der Waals surface area contributed by atoms with E-state index in [9.17, 15) is 0 Å². The molecule has 0 spiro atoms. The van der Waals surface area contributed by atoms with Crippen molar-refractivity contribution in [2.45, 2.75) is 33.4 Å². The monoisotopic (exact) mass is 463 g/mol. The lowest BCUT2D eigenvalue weighted by atomic mass is 10.2. The van der Waals surface area contributed by atoms with Gasteiger partial charge in [-0.2, -0.15) is 5.10 Å². The van der Waals surface area contributed by atoms with Crippen LogP contribution in [0, 0.1) is 6.92 Å². The van der Waals surface area contributed by atoms with Crippen molar-refractivity contribution in [3.63, 3.8) is 0 Å². The first-order valence-electron chi connectivity index (χ1n) is 10.7. The summed E-state index contributed by atoms with van der Waals surface area (Å²) in [5, 5.41) is 8.31. The van der Waals surface area contributed by atoms with Crippen LogP contribution in [0.2, 0.25) is 0 Å². The van der Waals surface area contributed by atoms with Crippen LogP contribution in [0.1, 0.15) is 25.2 Å². The van der Waals surface area contributed by atoms with Gasteiger partial charge in [-0.05, 0) is 39.0 Å². The zero-order valence-electron chi connectivity index (χ0n) is 19.2. The average molecular weight is 464 g/mol. The third kappa shape index (κ3) is 4.11. The van der Waals surface area contributed by atoms with Crippen LogP contribution >= 0.6 is 11.3 Å². The zero-order chi connectivity index (χ0) is 23.1. The molecule has 0 atom stereocenters. The van der Waals surface area contributed by atoms with Gasteiger partial charge >= 0.3 is 0 Å². The number of aryl methyl sites for hydroxylation is 1. The second-order valence-corrected chi connectivity index (χ2v) is 9.00. The number of hydrogen-bond acceptors (Lipinski definition) is 8. The van der Waals surface area contributed by atoms with E-state index in [1.807, 2.05) is 55.9 Å². The molecule has 0 saturated carbocycles. The number of fused-ring (bicyclic) bond motifs is 2. The molecule has 0 fully saturated rings. The van der Waals surface area contributed by atoms with Crippen LogP contribution in [0.5, 0.6) is 11.5 Å². The minimum Gasteiger partial charge on any atom is -0.496 e. The lowest BCUT2D eigenvalue weighted by Gasteiger charge is -2.19. The molecule has 0 aliphatic heterocycles. The van der Waals surface area contributed by atoms with Gasteiger partial charge in [0.05, 0.1) is 30.1 Å². The molecular formula is C24H25N5O3S. The van der Waals surface area contributed by atoms with Crippen LogP contribution in [-0.4, -0.2) is 39.8 Å². The molecule has 8 nitrogen and oxygen atoms in total. The topological polar surface area (TPSA) is 77.9 Å². The Kier molecular flexibility index (Phi) is 5.41. The maximum atomic E-state index is 6.17. The summed E-state index contributed by atoms with van der Waals surface area (Å²) in [4.78, 5) is 11.5. The molecule has 5 rings (SSSR count). The van der Waals surface area contributed by atoms with Crippen LogP contribution in [0.25, 0.3) is 28.1 Å². The normalized spacial score (nSPS) is 11.6. The van der Waals surface area contributed by atoms with E-state index in [4.69, 9.17) is 18.9 Å². The van der Waals surface area contributed by atoms with Crippen LogP contribution in [-0.2, 0) is 6.61 Å². The van der Waals surface area contributed by atoms with Gasteiger partial charge in [0, 0.05) is 30.6 Å². The van der Waals surface area contributed by atoms with Crippen molar-refractivity contribution < 1.29 is 13.9 Å². The number of aromatic nitrogens is 4. The predicted octanol–water partition coefficient (Wildman–Crippen LogP) is 5.34. The van der Waals surface area contributed by atoms with Gasteiger partial charge < -0.3 is 18.8 Å². The molecule has 0 bridgehead atoms. The lowest BCUT2D eigenvalue weighted by molar-refractivity contribution is 0.303. The summed E-state index contributed by atoms with van der Waals surface area (Å²) in [6.45, 7) is 6.58. The van der Waals surface area contributed by atoms with Gasteiger partial charge in [0.25, 0.3) is 0 Å². The molecule has 5 aromatic rings. The smallest absolute Gasteiger partial charge is 0.185 e. The van der Waals surface area contributed by atoms with Gasteiger partial charge in [-0.1, -0.05) is 0 Å². The third-order valence-corrected chi connectivity index (χ3v) is 6.49. The number of rotatable bonds is 7. The number of furan rings is 1. The van der Waals surface area contributed by atoms with E-state index in [0.717, 1.165) is 27.6 Å². The van der Waals surface area contributed by atoms with Crippen molar-refractivity contribution >= 4 is 33.1 Å². The quantitative estimate of drug-likeness (QED) is 0.322. The molecule has 170 valence electrons. The van der Waals surface area contributed by atoms with Gasteiger partial charge in [-0.25, -0.2) is 14.5 Å². The fraction of sp³-hybridized carbons (Fsp3) is 0.292. The summed E-state index contributed by atoms with van der Waals surface area (Å²) in [5.41, 5.74) is 3.93. The van der Waals surface area contributed by atoms with Crippen molar-refractivity contribution in [1.82, 2.24) is 19.6 Å². The maximum absolute atomic E-state index is 6.17. The van der Waals surface area contributed by atoms with Crippen LogP contribution in [0.15, 0.2) is 46.3 Å². The summed E-state index contributed by atoms with van der Waals surface area (Å²) < 4.78 is 19.5. The number of thiazole rings is 1. The molecule has 0 amide bonds.